The van der Waals surface area contributed by atoms with Crippen molar-refractivity contribution in [1.82, 2.24) is 10.5 Å². The summed E-state index contributed by atoms with van der Waals surface area (Å²) in [5.74, 6) is -0.494. The number of carboxylic acids is 1. The summed E-state index contributed by atoms with van der Waals surface area (Å²) in [5.41, 5.74) is 1.22. The van der Waals surface area contributed by atoms with Crippen LogP contribution in [0.4, 0.5) is 0 Å². The lowest BCUT2D eigenvalue weighted by Gasteiger charge is -2.18. The number of aromatic nitrogens is 1. The Hall–Kier alpha value is -3.03. The van der Waals surface area contributed by atoms with Crippen molar-refractivity contribution >= 4 is 11.9 Å². The smallest absolute Gasteiger partial charge is 0.305 e. The van der Waals surface area contributed by atoms with E-state index < -0.39 is 17.9 Å². The first-order chi connectivity index (χ1) is 12.3. The fourth-order valence-electron chi connectivity index (χ4n) is 2.39. The number of carboxylic acid groups (broad SMARTS) is 1. The summed E-state index contributed by atoms with van der Waals surface area (Å²) >= 11 is 0. The van der Waals surface area contributed by atoms with E-state index in [0.29, 0.717) is 22.8 Å². The summed E-state index contributed by atoms with van der Waals surface area (Å²) < 4.78 is 15.5. The van der Waals surface area contributed by atoms with E-state index in [1.807, 2.05) is 13.8 Å². The Balaban J connectivity index is 2.26. The van der Waals surface area contributed by atoms with E-state index in [9.17, 15) is 14.7 Å². The molecule has 0 bridgehead atoms. The molecule has 0 saturated carbocycles. The number of amides is 1. The first-order valence-corrected chi connectivity index (χ1v) is 8.06. The molecular formula is C18H22N2O6. The molecular weight excluding hydrogens is 340 g/mol. The molecule has 1 amide bonds. The second kappa shape index (κ2) is 8.37. The van der Waals surface area contributed by atoms with E-state index in [0.717, 1.165) is 0 Å². The van der Waals surface area contributed by atoms with Gasteiger partial charge in [0.2, 0.25) is 5.76 Å². The number of aliphatic carboxylic acids is 1. The molecule has 0 saturated heterocycles. The van der Waals surface area contributed by atoms with E-state index in [1.165, 1.54) is 14.2 Å². The standard InChI is InChI=1S/C18H22N2O6/c1-10(2)12-8-16(26-20-12)18(23)19-13(9-17(21)22)11-5-6-14(24-3)15(7-11)25-4/h5-8,10,13H,9H2,1-4H3,(H,19,23)(H,21,22). The molecule has 2 N–H and O–H groups in total. The molecule has 0 spiro atoms. The van der Waals surface area contributed by atoms with Crippen LogP contribution < -0.4 is 14.8 Å². The van der Waals surface area contributed by atoms with Crippen LogP contribution in [0.15, 0.2) is 28.8 Å². The Labute approximate surface area is 151 Å². The lowest BCUT2D eigenvalue weighted by atomic mass is 10.0. The number of ether oxygens (including phenoxy) is 2. The van der Waals surface area contributed by atoms with Crippen molar-refractivity contribution < 1.29 is 28.7 Å². The Bertz CT molecular complexity index is 784. The van der Waals surface area contributed by atoms with Crippen LogP contribution in [0.5, 0.6) is 11.5 Å². The molecule has 26 heavy (non-hydrogen) atoms. The molecule has 0 radical (unpaired) electrons. The van der Waals surface area contributed by atoms with Crippen LogP contribution in [0.1, 0.15) is 54.0 Å². The predicted octanol–water partition coefficient (Wildman–Crippen LogP) is 2.76. The van der Waals surface area contributed by atoms with Gasteiger partial charge in [-0.15, -0.1) is 0 Å². The van der Waals surface area contributed by atoms with Crippen LogP contribution in [-0.2, 0) is 4.79 Å². The number of hydrogen-bond acceptors (Lipinski definition) is 6. The van der Waals surface area contributed by atoms with Gasteiger partial charge in [0.05, 0.1) is 32.4 Å². The molecule has 2 aromatic rings. The Morgan fingerprint density at radius 3 is 2.42 bits per heavy atom. The first-order valence-electron chi connectivity index (χ1n) is 8.06. The molecule has 8 nitrogen and oxygen atoms in total. The van der Waals surface area contributed by atoms with Crippen molar-refractivity contribution in [1.29, 1.82) is 0 Å². The van der Waals surface area contributed by atoms with Crippen molar-refractivity contribution in [3.8, 4) is 11.5 Å². The fraction of sp³-hybridized carbons (Fsp3) is 0.389. The first kappa shape index (κ1) is 19.3. The lowest BCUT2D eigenvalue weighted by Crippen LogP contribution is -2.30. The van der Waals surface area contributed by atoms with Gasteiger partial charge in [0.15, 0.2) is 11.5 Å². The molecule has 1 heterocycles. The van der Waals surface area contributed by atoms with Crippen LogP contribution in [0.3, 0.4) is 0 Å². The summed E-state index contributed by atoms with van der Waals surface area (Å²) in [6, 6.07) is 5.74. The summed E-state index contributed by atoms with van der Waals surface area (Å²) in [5, 5.41) is 15.7. The van der Waals surface area contributed by atoms with E-state index in [1.54, 1.807) is 24.3 Å². The van der Waals surface area contributed by atoms with Gasteiger partial charge < -0.3 is 24.4 Å². The van der Waals surface area contributed by atoms with E-state index in [4.69, 9.17) is 14.0 Å². The van der Waals surface area contributed by atoms with Crippen molar-refractivity contribution in [2.45, 2.75) is 32.2 Å². The maximum absolute atomic E-state index is 12.4. The molecule has 1 aromatic heterocycles. The molecule has 0 fully saturated rings. The van der Waals surface area contributed by atoms with Crippen LogP contribution in [0.25, 0.3) is 0 Å². The van der Waals surface area contributed by atoms with E-state index in [2.05, 4.69) is 10.5 Å². The van der Waals surface area contributed by atoms with Gasteiger partial charge in [-0.05, 0) is 23.6 Å². The Morgan fingerprint density at radius 1 is 1.19 bits per heavy atom. The van der Waals surface area contributed by atoms with Gasteiger partial charge in [-0.3, -0.25) is 9.59 Å². The summed E-state index contributed by atoms with van der Waals surface area (Å²) in [6.07, 6.45) is -0.299. The average Bonchev–Trinajstić information content (AvgIpc) is 3.10. The Kier molecular flexibility index (Phi) is 6.21. The van der Waals surface area contributed by atoms with Gasteiger partial charge in [0, 0.05) is 6.07 Å². The van der Waals surface area contributed by atoms with Crippen molar-refractivity contribution in [2.24, 2.45) is 0 Å². The second-order valence-electron chi connectivity index (χ2n) is 6.01. The zero-order valence-corrected chi connectivity index (χ0v) is 15.1. The topological polar surface area (TPSA) is 111 Å². The highest BCUT2D eigenvalue weighted by atomic mass is 16.5. The summed E-state index contributed by atoms with van der Waals surface area (Å²) in [4.78, 5) is 23.7. The van der Waals surface area contributed by atoms with E-state index >= 15 is 0 Å². The summed E-state index contributed by atoms with van der Waals surface area (Å²) in [7, 11) is 2.98. The number of nitrogens with one attached hydrogen (secondary N) is 1. The van der Waals surface area contributed by atoms with Crippen molar-refractivity contribution in [2.75, 3.05) is 14.2 Å². The number of benzene rings is 1. The largest absolute Gasteiger partial charge is 0.493 e. The van der Waals surface area contributed by atoms with Gasteiger partial charge in [0.25, 0.3) is 5.91 Å². The third kappa shape index (κ3) is 4.53. The normalized spacial score (nSPS) is 11.9. The van der Waals surface area contributed by atoms with E-state index in [-0.39, 0.29) is 18.1 Å². The number of carbonyl (C=O) groups is 2. The lowest BCUT2D eigenvalue weighted by molar-refractivity contribution is -0.137. The highest BCUT2D eigenvalue weighted by Crippen LogP contribution is 2.31. The second-order valence-corrected chi connectivity index (χ2v) is 6.01. The zero-order chi connectivity index (χ0) is 19.3. The quantitative estimate of drug-likeness (QED) is 0.743. The van der Waals surface area contributed by atoms with Gasteiger partial charge in [0.1, 0.15) is 0 Å². The number of carbonyl (C=O) groups excluding carboxylic acids is 1. The maximum atomic E-state index is 12.4. The monoisotopic (exact) mass is 362 g/mol. The van der Waals surface area contributed by atoms with Gasteiger partial charge in [-0.25, -0.2) is 0 Å². The fourth-order valence-corrected chi connectivity index (χ4v) is 2.39. The minimum Gasteiger partial charge on any atom is -0.493 e. The van der Waals surface area contributed by atoms with Crippen LogP contribution in [-0.4, -0.2) is 36.4 Å². The predicted molar refractivity (Wildman–Crippen MR) is 92.6 cm³/mol. The SMILES string of the molecule is COc1ccc(C(CC(=O)O)NC(=O)c2cc(C(C)C)no2)cc1OC. The highest BCUT2D eigenvalue weighted by molar-refractivity contribution is 5.92. The van der Waals surface area contributed by atoms with Crippen molar-refractivity contribution in [3.63, 3.8) is 0 Å². The molecule has 140 valence electrons. The molecule has 0 aliphatic rings. The number of rotatable bonds is 8. The average molecular weight is 362 g/mol. The Morgan fingerprint density at radius 2 is 1.88 bits per heavy atom. The molecule has 1 atom stereocenters. The number of nitrogens with zero attached hydrogens (tertiary/aromatic N) is 1. The summed E-state index contributed by atoms with van der Waals surface area (Å²) in [6.45, 7) is 3.85. The zero-order valence-electron chi connectivity index (χ0n) is 15.1. The van der Waals surface area contributed by atoms with Gasteiger partial charge in [-0.2, -0.15) is 0 Å². The van der Waals surface area contributed by atoms with Gasteiger partial charge >= 0.3 is 5.97 Å². The van der Waals surface area contributed by atoms with Crippen molar-refractivity contribution in [3.05, 3.63) is 41.3 Å². The van der Waals surface area contributed by atoms with Crippen LogP contribution >= 0.6 is 0 Å². The third-order valence-electron chi connectivity index (χ3n) is 3.84. The van der Waals surface area contributed by atoms with Gasteiger partial charge in [-0.1, -0.05) is 25.1 Å². The minimum absolute atomic E-state index is 0.0320. The molecule has 0 aliphatic carbocycles. The van der Waals surface area contributed by atoms with Crippen LogP contribution in [0.2, 0.25) is 0 Å². The number of methoxy groups -OCH3 is 2. The molecule has 1 aromatic carbocycles. The minimum atomic E-state index is -1.05. The number of hydrogen-bond donors (Lipinski definition) is 2. The van der Waals surface area contributed by atoms with Crippen LogP contribution in [0, 0.1) is 0 Å². The molecule has 2 rings (SSSR count). The molecule has 0 aliphatic heterocycles. The molecule has 8 heteroatoms. The molecule has 1 unspecified atom stereocenters. The maximum Gasteiger partial charge on any atom is 0.305 e. The third-order valence-corrected chi connectivity index (χ3v) is 3.84. The highest BCUT2D eigenvalue weighted by Gasteiger charge is 2.23.